The molecule has 0 amide bonds. The highest BCUT2D eigenvalue weighted by Crippen LogP contribution is 2.27. The number of aryl methyl sites for hydroxylation is 1. The van der Waals surface area contributed by atoms with Gasteiger partial charge < -0.3 is 4.98 Å². The second-order valence-corrected chi connectivity index (χ2v) is 4.79. The third-order valence-corrected chi connectivity index (χ3v) is 2.68. The van der Waals surface area contributed by atoms with Crippen molar-refractivity contribution in [2.75, 3.05) is 5.34 Å². The Balaban J connectivity index is 0.000000612. The molecule has 1 aromatic heterocycles. The number of nitriles is 1. The first kappa shape index (κ1) is 16.8. The maximum Gasteiger partial charge on any atom is 0.141 e. The molecule has 0 saturated carbocycles. The molecule has 0 spiro atoms. The van der Waals surface area contributed by atoms with Gasteiger partial charge >= 0.3 is 0 Å². The monoisotopic (exact) mass is 333 g/mol. The summed E-state index contributed by atoms with van der Waals surface area (Å²) in [5.74, 6) is 0.178. The number of imidazole rings is 1. The van der Waals surface area contributed by atoms with Crippen LogP contribution in [0.25, 0.3) is 11.3 Å². The number of H-pyrrole nitrogens is 1. The van der Waals surface area contributed by atoms with Crippen molar-refractivity contribution in [2.45, 2.75) is 13.3 Å². The fourth-order valence-electron chi connectivity index (χ4n) is 1.51. The molecule has 1 heterocycles. The molecule has 0 saturated heterocycles. The summed E-state index contributed by atoms with van der Waals surface area (Å²) in [6, 6.07) is 6.08. The Labute approximate surface area is 131 Å². The van der Waals surface area contributed by atoms with Crippen molar-refractivity contribution in [2.24, 2.45) is 0 Å². The molecule has 0 aliphatic heterocycles. The molecule has 2 aromatic rings. The minimum absolute atomic E-state index is 0.0103. The summed E-state index contributed by atoms with van der Waals surface area (Å²) in [5.41, 5.74) is 1.07. The van der Waals surface area contributed by atoms with Crippen molar-refractivity contribution >= 4 is 34.8 Å². The van der Waals surface area contributed by atoms with Crippen LogP contribution in [0.5, 0.6) is 0 Å². The maximum absolute atomic E-state index is 13.5. The Morgan fingerprint density at radius 2 is 2.05 bits per heavy atom. The highest BCUT2D eigenvalue weighted by molar-refractivity contribution is 6.40. The summed E-state index contributed by atoms with van der Waals surface area (Å²) in [7, 11) is 0. The lowest BCUT2D eigenvalue weighted by Crippen LogP contribution is -1.87. The lowest BCUT2D eigenvalue weighted by molar-refractivity contribution is 0.624. The van der Waals surface area contributed by atoms with Gasteiger partial charge in [-0.05, 0) is 12.1 Å². The predicted molar refractivity (Wildman–Crippen MR) is 79.7 cm³/mol. The Morgan fingerprint density at radius 1 is 1.40 bits per heavy atom. The van der Waals surface area contributed by atoms with Crippen LogP contribution in [0.3, 0.4) is 0 Å². The minimum Gasteiger partial charge on any atom is -0.333 e. The molecular weight excluding hydrogens is 324 g/mol. The second kappa shape index (κ2) is 8.11. The Hall–Kier alpha value is -1.28. The largest absolute Gasteiger partial charge is 0.333 e. The summed E-state index contributed by atoms with van der Waals surface area (Å²) in [6.45, 7) is 1.94. The number of nitrogens with zero attached hydrogens (tertiary/aromatic N) is 2. The van der Waals surface area contributed by atoms with E-state index in [0.29, 0.717) is 16.4 Å². The normalized spacial score (nSPS) is 9.60. The van der Waals surface area contributed by atoms with Crippen LogP contribution in [0.15, 0.2) is 18.2 Å². The van der Waals surface area contributed by atoms with E-state index in [4.69, 9.17) is 40.1 Å². The zero-order valence-electron chi connectivity index (χ0n) is 10.6. The van der Waals surface area contributed by atoms with E-state index in [9.17, 15) is 4.39 Å². The van der Waals surface area contributed by atoms with Crippen molar-refractivity contribution in [3.8, 4) is 17.3 Å². The van der Waals surface area contributed by atoms with Crippen LogP contribution in [0.1, 0.15) is 18.3 Å². The molecule has 1 N–H and O–H groups in total. The number of hydrogen-bond acceptors (Lipinski definition) is 2. The number of nitrogens with one attached hydrogen (secondary N) is 1. The summed E-state index contributed by atoms with van der Waals surface area (Å²) < 4.78 is 13.5. The smallest absolute Gasteiger partial charge is 0.141 e. The molecule has 0 radical (unpaired) electrons. The SMILES string of the molecule is CCc1nc(-c2ccc(C#N)c(F)c2)c(Cl)[nH]1.ClCCl. The number of aromatic amines is 1. The van der Waals surface area contributed by atoms with Gasteiger partial charge in [-0.1, -0.05) is 24.6 Å². The van der Waals surface area contributed by atoms with Gasteiger partial charge in [0.25, 0.3) is 0 Å². The molecule has 0 fully saturated rings. The average Bonchev–Trinajstić information content (AvgIpc) is 2.81. The molecule has 1 aromatic carbocycles. The zero-order valence-corrected chi connectivity index (χ0v) is 12.8. The van der Waals surface area contributed by atoms with Crippen molar-refractivity contribution < 1.29 is 4.39 Å². The molecule has 0 aliphatic rings. The van der Waals surface area contributed by atoms with Gasteiger partial charge in [0, 0.05) is 12.0 Å². The number of rotatable bonds is 2. The van der Waals surface area contributed by atoms with Crippen LogP contribution in [0.4, 0.5) is 4.39 Å². The van der Waals surface area contributed by atoms with Crippen LogP contribution in [0, 0.1) is 17.1 Å². The number of aromatic nitrogens is 2. The van der Waals surface area contributed by atoms with E-state index < -0.39 is 5.82 Å². The van der Waals surface area contributed by atoms with Crippen LogP contribution in [-0.4, -0.2) is 15.3 Å². The Morgan fingerprint density at radius 3 is 2.50 bits per heavy atom. The summed E-state index contributed by atoms with van der Waals surface area (Å²) in [5, 5.41) is 9.21. The molecule has 0 aliphatic carbocycles. The third kappa shape index (κ3) is 4.11. The molecule has 106 valence electrons. The van der Waals surface area contributed by atoms with E-state index in [-0.39, 0.29) is 10.9 Å². The van der Waals surface area contributed by atoms with Crippen molar-refractivity contribution in [3.63, 3.8) is 0 Å². The zero-order chi connectivity index (χ0) is 15.1. The molecular formula is C13H11Cl3FN3. The quantitative estimate of drug-likeness (QED) is 0.808. The molecule has 2 rings (SSSR count). The van der Waals surface area contributed by atoms with Crippen molar-refractivity contribution in [1.29, 1.82) is 5.26 Å². The first-order chi connectivity index (χ1) is 9.57. The van der Waals surface area contributed by atoms with Crippen molar-refractivity contribution in [1.82, 2.24) is 9.97 Å². The molecule has 20 heavy (non-hydrogen) atoms. The number of hydrogen-bond donors (Lipinski definition) is 1. The third-order valence-electron chi connectivity index (χ3n) is 2.41. The molecule has 3 nitrogen and oxygen atoms in total. The van der Waals surface area contributed by atoms with Crippen LogP contribution in [0.2, 0.25) is 5.15 Å². The van der Waals surface area contributed by atoms with E-state index in [1.807, 2.05) is 6.92 Å². The Kier molecular flexibility index (Phi) is 6.80. The maximum atomic E-state index is 13.5. The van der Waals surface area contributed by atoms with Crippen LogP contribution < -0.4 is 0 Å². The first-order valence-corrected chi connectivity index (χ1v) is 7.08. The van der Waals surface area contributed by atoms with E-state index in [0.717, 1.165) is 12.2 Å². The van der Waals surface area contributed by atoms with Crippen LogP contribution in [-0.2, 0) is 6.42 Å². The number of benzene rings is 1. The van der Waals surface area contributed by atoms with E-state index >= 15 is 0 Å². The number of halogens is 4. The Bertz CT molecular complexity index is 620. The van der Waals surface area contributed by atoms with Gasteiger partial charge in [0.1, 0.15) is 28.6 Å². The van der Waals surface area contributed by atoms with E-state index in [2.05, 4.69) is 9.97 Å². The lowest BCUT2D eigenvalue weighted by Gasteiger charge is -1.99. The van der Waals surface area contributed by atoms with E-state index in [1.54, 1.807) is 12.1 Å². The van der Waals surface area contributed by atoms with Gasteiger partial charge in [0.15, 0.2) is 0 Å². The molecule has 0 atom stereocenters. The van der Waals surface area contributed by atoms with Gasteiger partial charge in [-0.15, -0.1) is 23.2 Å². The van der Waals surface area contributed by atoms with Gasteiger partial charge in [-0.3, -0.25) is 0 Å². The summed E-state index contributed by atoms with van der Waals surface area (Å²) in [6.07, 6.45) is 0.721. The second-order valence-electron chi connectivity index (χ2n) is 3.61. The molecule has 0 unspecified atom stereocenters. The fourth-order valence-corrected chi connectivity index (χ4v) is 1.77. The van der Waals surface area contributed by atoms with Gasteiger partial charge in [0.2, 0.25) is 0 Å². The van der Waals surface area contributed by atoms with Crippen LogP contribution >= 0.6 is 34.8 Å². The number of alkyl halides is 2. The van der Waals surface area contributed by atoms with Gasteiger partial charge in [-0.25, -0.2) is 9.37 Å². The van der Waals surface area contributed by atoms with Gasteiger partial charge in [0.05, 0.1) is 10.9 Å². The fraction of sp³-hybridized carbons (Fsp3) is 0.231. The van der Waals surface area contributed by atoms with Crippen molar-refractivity contribution in [3.05, 3.63) is 40.6 Å². The average molecular weight is 335 g/mol. The van der Waals surface area contributed by atoms with E-state index in [1.165, 1.54) is 12.1 Å². The highest BCUT2D eigenvalue weighted by Gasteiger charge is 2.11. The minimum atomic E-state index is -0.567. The predicted octanol–water partition coefficient (Wildman–Crippen LogP) is 4.72. The summed E-state index contributed by atoms with van der Waals surface area (Å²) in [4.78, 5) is 7.17. The first-order valence-electron chi connectivity index (χ1n) is 5.63. The molecule has 7 heteroatoms. The summed E-state index contributed by atoms with van der Waals surface area (Å²) >= 11 is 15.5. The highest BCUT2D eigenvalue weighted by atomic mass is 35.5. The molecule has 0 bridgehead atoms. The lowest BCUT2D eigenvalue weighted by atomic mass is 10.1. The van der Waals surface area contributed by atoms with Gasteiger partial charge in [-0.2, -0.15) is 5.26 Å². The standard InChI is InChI=1S/C12H9ClFN3.CH2Cl2/c1-2-10-16-11(12(13)17-10)7-3-4-8(6-15)9(14)5-7;2-1-3/h3-5H,2H2,1H3,(H,16,17);1H2. The topological polar surface area (TPSA) is 52.5 Å².